The van der Waals surface area contributed by atoms with Crippen LogP contribution in [0.15, 0.2) is 35.3 Å². The minimum absolute atomic E-state index is 0.0579. The number of halogens is 3. The predicted molar refractivity (Wildman–Crippen MR) is 136 cm³/mol. The van der Waals surface area contributed by atoms with Crippen molar-refractivity contribution in [2.75, 3.05) is 19.8 Å². The second-order valence-corrected chi connectivity index (χ2v) is 10.7. The van der Waals surface area contributed by atoms with Gasteiger partial charge in [0.05, 0.1) is 12.6 Å². The van der Waals surface area contributed by atoms with Crippen LogP contribution in [0.25, 0.3) is 0 Å². The number of piperidine rings is 1. The zero-order valence-corrected chi connectivity index (χ0v) is 21.8. The molecular weight excluding hydrogens is 501 g/mol. The third kappa shape index (κ3) is 6.48. The number of alkyl halides is 3. The molecule has 3 atom stereocenters. The van der Waals surface area contributed by atoms with Gasteiger partial charge in [-0.25, -0.2) is 9.59 Å². The average Bonchev–Trinajstić information content (AvgIpc) is 3.48. The number of ether oxygens (including phenoxy) is 1. The summed E-state index contributed by atoms with van der Waals surface area (Å²) >= 11 is 0. The Hall–Kier alpha value is -2.66. The Balaban J connectivity index is 0.000000426. The molecule has 3 aliphatic heterocycles. The predicted octanol–water partition coefficient (Wildman–Crippen LogP) is 4.59. The van der Waals surface area contributed by atoms with Crippen LogP contribution < -0.4 is 5.32 Å². The van der Waals surface area contributed by atoms with Gasteiger partial charge in [-0.2, -0.15) is 18.2 Å². The van der Waals surface area contributed by atoms with Crippen molar-refractivity contribution in [2.24, 2.45) is 4.99 Å². The summed E-state index contributed by atoms with van der Waals surface area (Å²) < 4.78 is 37.4. The molecule has 210 valence electrons. The molecule has 11 heteroatoms. The Labute approximate surface area is 221 Å². The van der Waals surface area contributed by atoms with Gasteiger partial charge in [0, 0.05) is 31.8 Å². The van der Waals surface area contributed by atoms with Gasteiger partial charge < -0.3 is 20.1 Å². The van der Waals surface area contributed by atoms with Crippen LogP contribution >= 0.6 is 0 Å². The molecule has 2 amide bonds. The Morgan fingerprint density at radius 3 is 2.45 bits per heavy atom. The SMILES string of the molecule is C[C@H]1C[C@]2(CCN1Cc1ccccc1)C(NC1CCCCC1)=NC(=O)N2C1CCOC1.O=C(O)C(F)(F)F. The van der Waals surface area contributed by atoms with Gasteiger partial charge in [-0.15, -0.1) is 0 Å². The summed E-state index contributed by atoms with van der Waals surface area (Å²) in [6, 6.07) is 11.6. The minimum Gasteiger partial charge on any atom is -0.475 e. The molecule has 0 bridgehead atoms. The Morgan fingerprint density at radius 2 is 1.87 bits per heavy atom. The van der Waals surface area contributed by atoms with Crippen molar-refractivity contribution in [3.63, 3.8) is 0 Å². The first-order chi connectivity index (χ1) is 18.1. The molecule has 1 spiro atoms. The Bertz CT molecular complexity index is 994. The number of benzene rings is 1. The van der Waals surface area contributed by atoms with E-state index in [0.717, 1.165) is 44.8 Å². The lowest BCUT2D eigenvalue weighted by molar-refractivity contribution is -0.192. The van der Waals surface area contributed by atoms with Gasteiger partial charge in [-0.3, -0.25) is 4.90 Å². The number of hydrogen-bond acceptors (Lipinski definition) is 5. The van der Waals surface area contributed by atoms with E-state index in [0.29, 0.717) is 18.7 Å². The number of likely N-dealkylation sites (tertiary alicyclic amines) is 1. The van der Waals surface area contributed by atoms with Crippen molar-refractivity contribution >= 4 is 17.8 Å². The maximum atomic E-state index is 13.2. The number of aliphatic imine (C=N–C) groups is 1. The Kier molecular flexibility index (Phi) is 8.97. The van der Waals surface area contributed by atoms with Crippen molar-refractivity contribution in [3.8, 4) is 0 Å². The zero-order chi connectivity index (χ0) is 27.3. The second kappa shape index (κ2) is 12.0. The summed E-state index contributed by atoms with van der Waals surface area (Å²) in [4.78, 5) is 31.4. The molecule has 1 unspecified atom stereocenters. The normalized spacial score (nSPS) is 28.7. The van der Waals surface area contributed by atoms with Crippen LogP contribution in [0.4, 0.5) is 18.0 Å². The topological polar surface area (TPSA) is 94.5 Å². The lowest BCUT2D eigenvalue weighted by Crippen LogP contribution is -2.65. The number of amidine groups is 1. The Morgan fingerprint density at radius 1 is 1.18 bits per heavy atom. The number of carboxylic acid groups (broad SMARTS) is 1. The second-order valence-electron chi connectivity index (χ2n) is 10.7. The number of aliphatic carboxylic acids is 1. The van der Waals surface area contributed by atoms with Gasteiger partial charge in [0.2, 0.25) is 0 Å². The van der Waals surface area contributed by atoms with Gasteiger partial charge in [-0.05, 0) is 44.6 Å². The number of carbonyl (C=O) groups excluding carboxylic acids is 1. The van der Waals surface area contributed by atoms with E-state index < -0.39 is 12.1 Å². The fraction of sp³-hybridized carbons (Fsp3) is 0.667. The maximum absolute atomic E-state index is 13.2. The summed E-state index contributed by atoms with van der Waals surface area (Å²) in [7, 11) is 0. The van der Waals surface area contributed by atoms with E-state index in [1.807, 2.05) is 0 Å². The number of nitrogens with one attached hydrogen (secondary N) is 1. The molecule has 1 aliphatic carbocycles. The van der Waals surface area contributed by atoms with Crippen molar-refractivity contribution in [1.29, 1.82) is 0 Å². The third-order valence-electron chi connectivity index (χ3n) is 8.07. The molecule has 0 radical (unpaired) electrons. The van der Waals surface area contributed by atoms with Gasteiger partial charge in [0.15, 0.2) is 0 Å². The standard InChI is InChI=1S/C25H36N4O2.C2HF3O2/c1-19-16-25(13-14-28(19)17-20-8-4-2-5-9-20)23(26-21-10-6-3-7-11-21)27-24(30)29(25)22-12-15-31-18-22;3-2(4,5)1(6)7/h2,4-5,8-9,19,21-22H,3,6-7,10-18H2,1H3,(H,26,27,30);(H,6,7)/t19-,22?,25+;/m0./s1. The molecule has 1 saturated carbocycles. The zero-order valence-electron chi connectivity index (χ0n) is 21.8. The highest BCUT2D eigenvalue weighted by atomic mass is 19.4. The molecule has 38 heavy (non-hydrogen) atoms. The highest BCUT2D eigenvalue weighted by molar-refractivity contribution is 6.07. The van der Waals surface area contributed by atoms with Crippen LogP contribution in [0.5, 0.6) is 0 Å². The first-order valence-corrected chi connectivity index (χ1v) is 13.4. The number of rotatable bonds is 4. The quantitative estimate of drug-likeness (QED) is 0.583. The molecular formula is C27H37F3N4O4. The van der Waals surface area contributed by atoms with Crippen LogP contribution in [0.1, 0.15) is 63.9 Å². The number of carboxylic acids is 1. The monoisotopic (exact) mass is 538 g/mol. The van der Waals surface area contributed by atoms with Gasteiger partial charge in [0.1, 0.15) is 11.4 Å². The molecule has 8 nitrogen and oxygen atoms in total. The van der Waals surface area contributed by atoms with Crippen LogP contribution in [-0.4, -0.2) is 82.3 Å². The lowest BCUT2D eigenvalue weighted by atomic mass is 9.79. The first kappa shape index (κ1) is 28.4. The molecule has 3 heterocycles. The number of urea groups is 1. The highest BCUT2D eigenvalue weighted by Gasteiger charge is 2.55. The molecule has 1 aromatic carbocycles. The summed E-state index contributed by atoms with van der Waals surface area (Å²) in [5, 5.41) is 10.9. The number of nitrogens with zero attached hydrogens (tertiary/aromatic N) is 3. The fourth-order valence-electron chi connectivity index (χ4n) is 6.14. The molecule has 2 saturated heterocycles. The first-order valence-electron chi connectivity index (χ1n) is 13.4. The van der Waals surface area contributed by atoms with Gasteiger partial charge in [0.25, 0.3) is 0 Å². The maximum Gasteiger partial charge on any atom is 0.490 e. The number of amides is 2. The summed E-state index contributed by atoms with van der Waals surface area (Å²) in [6.45, 7) is 5.63. The van der Waals surface area contributed by atoms with Crippen molar-refractivity contribution in [1.82, 2.24) is 15.1 Å². The summed E-state index contributed by atoms with van der Waals surface area (Å²) in [5.41, 5.74) is 1.04. The lowest BCUT2D eigenvalue weighted by Gasteiger charge is -2.50. The van der Waals surface area contributed by atoms with Crippen LogP contribution in [0.2, 0.25) is 0 Å². The largest absolute Gasteiger partial charge is 0.490 e. The molecule has 5 rings (SSSR count). The third-order valence-corrected chi connectivity index (χ3v) is 8.07. The molecule has 4 aliphatic rings. The minimum atomic E-state index is -5.08. The highest BCUT2D eigenvalue weighted by Crippen LogP contribution is 2.41. The van der Waals surface area contributed by atoms with E-state index >= 15 is 0 Å². The molecule has 3 fully saturated rings. The van der Waals surface area contributed by atoms with E-state index in [2.05, 4.69) is 57.4 Å². The molecule has 1 aromatic rings. The van der Waals surface area contributed by atoms with E-state index in [-0.39, 0.29) is 17.6 Å². The smallest absolute Gasteiger partial charge is 0.475 e. The van der Waals surface area contributed by atoms with E-state index in [1.165, 1.54) is 37.7 Å². The summed E-state index contributed by atoms with van der Waals surface area (Å²) in [6.07, 6.45) is 3.94. The van der Waals surface area contributed by atoms with E-state index in [4.69, 9.17) is 14.6 Å². The molecule has 2 N–H and O–H groups in total. The van der Waals surface area contributed by atoms with Crippen molar-refractivity contribution < 1.29 is 32.6 Å². The van der Waals surface area contributed by atoms with Crippen LogP contribution in [0.3, 0.4) is 0 Å². The van der Waals surface area contributed by atoms with Gasteiger partial charge in [-0.1, -0.05) is 49.6 Å². The summed E-state index contributed by atoms with van der Waals surface area (Å²) in [5.74, 6) is -1.81. The fourth-order valence-corrected chi connectivity index (χ4v) is 6.14. The van der Waals surface area contributed by atoms with Crippen LogP contribution in [-0.2, 0) is 16.1 Å². The number of carbonyl (C=O) groups is 2. The number of hydrogen-bond donors (Lipinski definition) is 2. The van der Waals surface area contributed by atoms with E-state index in [1.54, 1.807) is 0 Å². The van der Waals surface area contributed by atoms with E-state index in [9.17, 15) is 18.0 Å². The average molecular weight is 539 g/mol. The molecule has 0 aromatic heterocycles. The van der Waals surface area contributed by atoms with Crippen LogP contribution in [0, 0.1) is 0 Å². The van der Waals surface area contributed by atoms with Gasteiger partial charge >= 0.3 is 18.2 Å². The van der Waals surface area contributed by atoms with Crippen molar-refractivity contribution in [2.45, 2.75) is 94.7 Å². The van der Waals surface area contributed by atoms with Crippen molar-refractivity contribution in [3.05, 3.63) is 35.9 Å².